The minimum absolute atomic E-state index is 0.0903. The topological polar surface area (TPSA) is 50.7 Å². The molecule has 0 spiro atoms. The standard InChI is InChI=1S/C17H20ClNO3/c1-21-16-9-14(11-19-7-8-20)15(18)10-17(16)22-12-13-5-3-2-4-6-13/h2-6,9-10,19-20H,7-8,11-12H2,1H3. The van der Waals surface area contributed by atoms with E-state index >= 15 is 0 Å². The van der Waals surface area contributed by atoms with Crippen LogP contribution in [0.1, 0.15) is 11.1 Å². The molecule has 0 aliphatic heterocycles. The molecule has 2 N–H and O–H groups in total. The molecule has 0 aromatic heterocycles. The Morgan fingerprint density at radius 1 is 1.14 bits per heavy atom. The fraction of sp³-hybridized carbons (Fsp3) is 0.294. The summed E-state index contributed by atoms with van der Waals surface area (Å²) in [4.78, 5) is 0. The Bertz CT molecular complexity index is 590. The van der Waals surface area contributed by atoms with E-state index in [9.17, 15) is 0 Å². The van der Waals surface area contributed by atoms with Crippen LogP contribution in [0.4, 0.5) is 0 Å². The molecule has 0 saturated carbocycles. The van der Waals surface area contributed by atoms with Gasteiger partial charge in [0, 0.05) is 24.2 Å². The van der Waals surface area contributed by atoms with Crippen molar-refractivity contribution in [2.75, 3.05) is 20.3 Å². The summed E-state index contributed by atoms with van der Waals surface area (Å²) in [6, 6.07) is 13.5. The largest absolute Gasteiger partial charge is 0.493 e. The van der Waals surface area contributed by atoms with Gasteiger partial charge in [-0.3, -0.25) is 0 Å². The number of halogens is 1. The summed E-state index contributed by atoms with van der Waals surface area (Å²) in [5.74, 6) is 1.25. The lowest BCUT2D eigenvalue weighted by Crippen LogP contribution is -2.17. The van der Waals surface area contributed by atoms with E-state index in [1.807, 2.05) is 36.4 Å². The number of hydrogen-bond acceptors (Lipinski definition) is 4. The predicted octanol–water partition coefficient (Wildman–Crippen LogP) is 3.01. The number of ether oxygens (including phenoxy) is 2. The zero-order valence-electron chi connectivity index (χ0n) is 12.5. The van der Waals surface area contributed by atoms with Crippen molar-refractivity contribution in [3.05, 3.63) is 58.6 Å². The number of aliphatic hydroxyl groups is 1. The van der Waals surface area contributed by atoms with E-state index in [2.05, 4.69) is 5.32 Å². The predicted molar refractivity (Wildman–Crippen MR) is 87.6 cm³/mol. The van der Waals surface area contributed by atoms with Gasteiger partial charge in [0.05, 0.1) is 13.7 Å². The van der Waals surface area contributed by atoms with Crippen LogP contribution in [-0.4, -0.2) is 25.4 Å². The number of nitrogens with one attached hydrogen (secondary N) is 1. The van der Waals surface area contributed by atoms with Crippen molar-refractivity contribution in [3.63, 3.8) is 0 Å². The minimum Gasteiger partial charge on any atom is -0.493 e. The van der Waals surface area contributed by atoms with Gasteiger partial charge >= 0.3 is 0 Å². The Morgan fingerprint density at radius 3 is 2.59 bits per heavy atom. The highest BCUT2D eigenvalue weighted by atomic mass is 35.5. The maximum absolute atomic E-state index is 8.80. The highest BCUT2D eigenvalue weighted by Crippen LogP contribution is 2.33. The molecule has 2 rings (SSSR count). The lowest BCUT2D eigenvalue weighted by Gasteiger charge is -2.14. The molecule has 2 aromatic carbocycles. The van der Waals surface area contributed by atoms with Gasteiger partial charge in [-0.05, 0) is 17.2 Å². The third-order valence-corrected chi connectivity index (χ3v) is 3.53. The van der Waals surface area contributed by atoms with Gasteiger partial charge in [-0.15, -0.1) is 0 Å². The maximum atomic E-state index is 8.80. The quantitative estimate of drug-likeness (QED) is 0.734. The second-order valence-corrected chi connectivity index (χ2v) is 5.18. The minimum atomic E-state index is 0.0903. The molecule has 5 heteroatoms. The first kappa shape index (κ1) is 16.6. The summed E-state index contributed by atoms with van der Waals surface area (Å²) < 4.78 is 11.2. The molecule has 2 aromatic rings. The summed E-state index contributed by atoms with van der Waals surface area (Å²) in [7, 11) is 1.60. The highest BCUT2D eigenvalue weighted by Gasteiger charge is 2.10. The Balaban J connectivity index is 2.08. The first-order valence-electron chi connectivity index (χ1n) is 7.09. The number of rotatable bonds is 8. The number of methoxy groups -OCH3 is 1. The molecule has 0 fully saturated rings. The molecule has 0 aliphatic carbocycles. The van der Waals surface area contributed by atoms with Gasteiger partial charge in [0.25, 0.3) is 0 Å². The molecule has 4 nitrogen and oxygen atoms in total. The van der Waals surface area contributed by atoms with Gasteiger partial charge < -0.3 is 19.9 Å². The Labute approximate surface area is 135 Å². The molecule has 0 bridgehead atoms. The van der Waals surface area contributed by atoms with Gasteiger partial charge in [0.15, 0.2) is 11.5 Å². The number of aliphatic hydroxyl groups excluding tert-OH is 1. The summed E-state index contributed by atoms with van der Waals surface area (Å²) in [5.41, 5.74) is 1.98. The van der Waals surface area contributed by atoms with Crippen LogP contribution in [0, 0.1) is 0 Å². The van der Waals surface area contributed by atoms with E-state index in [1.54, 1.807) is 13.2 Å². The van der Waals surface area contributed by atoms with Crippen molar-refractivity contribution >= 4 is 11.6 Å². The average Bonchev–Trinajstić information content (AvgIpc) is 2.55. The lowest BCUT2D eigenvalue weighted by atomic mass is 10.2. The van der Waals surface area contributed by atoms with E-state index < -0.39 is 0 Å². The molecule has 0 heterocycles. The average molecular weight is 322 g/mol. The van der Waals surface area contributed by atoms with Crippen molar-refractivity contribution in [1.29, 1.82) is 0 Å². The lowest BCUT2D eigenvalue weighted by molar-refractivity contribution is 0.284. The van der Waals surface area contributed by atoms with E-state index in [0.717, 1.165) is 11.1 Å². The Morgan fingerprint density at radius 2 is 1.91 bits per heavy atom. The van der Waals surface area contributed by atoms with E-state index in [4.69, 9.17) is 26.2 Å². The third kappa shape index (κ3) is 4.63. The molecule has 0 amide bonds. The number of hydrogen-bond donors (Lipinski definition) is 2. The normalized spacial score (nSPS) is 10.5. The van der Waals surface area contributed by atoms with Crippen LogP contribution < -0.4 is 14.8 Å². The molecule has 118 valence electrons. The summed E-state index contributed by atoms with van der Waals surface area (Å²) in [6.45, 7) is 1.63. The van der Waals surface area contributed by atoms with Crippen molar-refractivity contribution in [1.82, 2.24) is 5.32 Å². The van der Waals surface area contributed by atoms with E-state index in [0.29, 0.717) is 36.2 Å². The van der Waals surface area contributed by atoms with Crippen LogP contribution in [-0.2, 0) is 13.2 Å². The third-order valence-electron chi connectivity index (χ3n) is 3.17. The first-order chi connectivity index (χ1) is 10.7. The molecule has 0 unspecified atom stereocenters. The first-order valence-corrected chi connectivity index (χ1v) is 7.47. The van der Waals surface area contributed by atoms with Crippen LogP contribution in [0.5, 0.6) is 11.5 Å². The molecular weight excluding hydrogens is 302 g/mol. The van der Waals surface area contributed by atoms with Gasteiger partial charge in [0.1, 0.15) is 6.61 Å². The van der Waals surface area contributed by atoms with Crippen molar-refractivity contribution in [2.45, 2.75) is 13.2 Å². The second kappa shape index (κ2) is 8.63. The van der Waals surface area contributed by atoms with E-state index in [1.165, 1.54) is 0 Å². The SMILES string of the molecule is COc1cc(CNCCO)c(Cl)cc1OCc1ccccc1. The van der Waals surface area contributed by atoms with Gasteiger partial charge in [-0.1, -0.05) is 41.9 Å². The molecule has 22 heavy (non-hydrogen) atoms. The Hall–Kier alpha value is -1.75. The van der Waals surface area contributed by atoms with Gasteiger partial charge in [-0.25, -0.2) is 0 Å². The van der Waals surface area contributed by atoms with Crippen LogP contribution in [0.2, 0.25) is 5.02 Å². The molecule has 0 atom stereocenters. The molecular formula is C17H20ClNO3. The Kier molecular flexibility index (Phi) is 6.52. The summed E-state index contributed by atoms with van der Waals surface area (Å²) in [6.07, 6.45) is 0. The van der Waals surface area contributed by atoms with Crippen LogP contribution in [0.3, 0.4) is 0 Å². The van der Waals surface area contributed by atoms with Crippen molar-refractivity contribution in [2.24, 2.45) is 0 Å². The molecule has 0 saturated heterocycles. The van der Waals surface area contributed by atoms with Crippen LogP contribution in [0.15, 0.2) is 42.5 Å². The fourth-order valence-corrected chi connectivity index (χ4v) is 2.24. The molecule has 0 aliphatic rings. The van der Waals surface area contributed by atoms with Gasteiger partial charge in [-0.2, -0.15) is 0 Å². The summed E-state index contributed by atoms with van der Waals surface area (Å²) in [5, 5.41) is 12.5. The van der Waals surface area contributed by atoms with Crippen LogP contribution in [0.25, 0.3) is 0 Å². The fourth-order valence-electron chi connectivity index (χ4n) is 2.02. The zero-order valence-corrected chi connectivity index (χ0v) is 13.3. The van der Waals surface area contributed by atoms with E-state index in [-0.39, 0.29) is 6.61 Å². The second-order valence-electron chi connectivity index (χ2n) is 4.77. The van der Waals surface area contributed by atoms with Crippen molar-refractivity contribution in [3.8, 4) is 11.5 Å². The molecule has 0 radical (unpaired) electrons. The highest BCUT2D eigenvalue weighted by molar-refractivity contribution is 6.31. The van der Waals surface area contributed by atoms with Gasteiger partial charge in [0.2, 0.25) is 0 Å². The maximum Gasteiger partial charge on any atom is 0.163 e. The summed E-state index contributed by atoms with van der Waals surface area (Å²) >= 11 is 6.28. The van der Waals surface area contributed by atoms with Crippen LogP contribution >= 0.6 is 11.6 Å². The van der Waals surface area contributed by atoms with Crippen molar-refractivity contribution < 1.29 is 14.6 Å². The zero-order chi connectivity index (χ0) is 15.8. The monoisotopic (exact) mass is 321 g/mol. The number of benzene rings is 2. The smallest absolute Gasteiger partial charge is 0.163 e.